The van der Waals surface area contributed by atoms with Crippen molar-refractivity contribution in [2.45, 2.75) is 24.4 Å². The van der Waals surface area contributed by atoms with E-state index in [1.807, 2.05) is 18.2 Å². The number of hydrogen-bond acceptors (Lipinski definition) is 6. The van der Waals surface area contributed by atoms with Gasteiger partial charge >= 0.3 is 5.97 Å². The first-order chi connectivity index (χ1) is 10.7. The highest BCUT2D eigenvalue weighted by molar-refractivity contribution is 5.87. The largest absolute Gasteiger partial charge is 0.491 e. The molecule has 0 N–H and O–H groups in total. The molecule has 0 aromatic heterocycles. The molecule has 0 amide bonds. The molecule has 3 fully saturated rings. The van der Waals surface area contributed by atoms with Crippen LogP contribution in [0.4, 0.5) is 0 Å². The molecule has 1 aromatic rings. The normalized spacial score (nSPS) is 30.6. The number of carbonyl (C=O) groups excluding carboxylic acids is 1. The summed E-state index contributed by atoms with van der Waals surface area (Å²) < 4.78 is 26.4. The highest BCUT2D eigenvalue weighted by atomic mass is 16.7. The molecule has 3 atom stereocenters. The molecule has 2 aliphatic heterocycles. The third-order valence-corrected chi connectivity index (χ3v) is 3.75. The molecular formula is C16H16O6. The van der Waals surface area contributed by atoms with Gasteiger partial charge in [0.05, 0.1) is 13.7 Å². The van der Waals surface area contributed by atoms with Crippen molar-refractivity contribution in [3.8, 4) is 11.5 Å². The van der Waals surface area contributed by atoms with Gasteiger partial charge in [0, 0.05) is 11.6 Å². The number of methoxy groups -OCH3 is 1. The molecule has 3 unspecified atom stereocenters. The van der Waals surface area contributed by atoms with Gasteiger partial charge in [0.2, 0.25) is 0 Å². The van der Waals surface area contributed by atoms with Crippen LogP contribution in [-0.4, -0.2) is 50.7 Å². The van der Waals surface area contributed by atoms with Gasteiger partial charge in [-0.3, -0.25) is 0 Å². The zero-order chi connectivity index (χ0) is 15.1. The zero-order valence-corrected chi connectivity index (χ0v) is 12.1. The number of esters is 1. The van der Waals surface area contributed by atoms with Gasteiger partial charge in [-0.25, -0.2) is 4.79 Å². The Morgan fingerprint density at radius 2 is 2.23 bits per heavy atom. The molecule has 2 heterocycles. The van der Waals surface area contributed by atoms with Gasteiger partial charge in [0.25, 0.3) is 0 Å². The number of ether oxygens (including phenoxy) is 5. The molecule has 4 rings (SSSR count). The van der Waals surface area contributed by atoms with Crippen LogP contribution < -0.4 is 9.47 Å². The summed E-state index contributed by atoms with van der Waals surface area (Å²) in [5, 5.41) is 0. The van der Waals surface area contributed by atoms with Crippen LogP contribution in [0.2, 0.25) is 0 Å². The Morgan fingerprint density at radius 1 is 1.41 bits per heavy atom. The van der Waals surface area contributed by atoms with Crippen LogP contribution in [0.3, 0.4) is 0 Å². The van der Waals surface area contributed by atoms with Crippen molar-refractivity contribution < 1.29 is 28.5 Å². The molecule has 0 radical (unpaired) electrons. The molecule has 6 heteroatoms. The van der Waals surface area contributed by atoms with Gasteiger partial charge in [0.15, 0.2) is 6.10 Å². The van der Waals surface area contributed by atoms with Crippen LogP contribution in [0, 0.1) is 0 Å². The summed E-state index contributed by atoms with van der Waals surface area (Å²) in [6, 6.07) is 5.53. The maximum atomic E-state index is 11.3. The van der Waals surface area contributed by atoms with Crippen molar-refractivity contribution in [3.05, 3.63) is 29.8 Å². The summed E-state index contributed by atoms with van der Waals surface area (Å²) in [5.74, 6) is 1.00. The molecule has 3 aliphatic rings. The topological polar surface area (TPSA) is 69.8 Å². The van der Waals surface area contributed by atoms with Crippen LogP contribution in [0.25, 0.3) is 6.08 Å². The summed E-state index contributed by atoms with van der Waals surface area (Å²) in [6.45, 7) is 1.28. The third kappa shape index (κ3) is 2.93. The molecule has 1 aliphatic carbocycles. The monoisotopic (exact) mass is 304 g/mol. The molecule has 1 saturated carbocycles. The van der Waals surface area contributed by atoms with Crippen molar-refractivity contribution in [1.29, 1.82) is 0 Å². The minimum atomic E-state index is -0.416. The van der Waals surface area contributed by atoms with Gasteiger partial charge in [0.1, 0.15) is 36.4 Å². The average molecular weight is 304 g/mol. The van der Waals surface area contributed by atoms with E-state index in [9.17, 15) is 4.79 Å². The Bertz CT molecular complexity index is 613. The lowest BCUT2D eigenvalue weighted by Crippen LogP contribution is -2.12. The second kappa shape index (κ2) is 5.30. The molecule has 0 bridgehead atoms. The fourth-order valence-corrected chi connectivity index (χ4v) is 2.15. The van der Waals surface area contributed by atoms with E-state index in [2.05, 4.69) is 4.74 Å². The quantitative estimate of drug-likeness (QED) is 0.428. The zero-order valence-electron chi connectivity index (χ0n) is 12.1. The van der Waals surface area contributed by atoms with E-state index < -0.39 is 5.97 Å². The molecule has 116 valence electrons. The first kappa shape index (κ1) is 13.6. The van der Waals surface area contributed by atoms with Crippen molar-refractivity contribution in [2.75, 3.05) is 20.3 Å². The van der Waals surface area contributed by atoms with E-state index in [0.29, 0.717) is 18.1 Å². The molecular weight excluding hydrogens is 288 g/mol. The van der Waals surface area contributed by atoms with Crippen LogP contribution in [0.15, 0.2) is 24.3 Å². The predicted octanol–water partition coefficient (Wildman–Crippen LogP) is 1.18. The smallest absolute Gasteiger partial charge is 0.330 e. The van der Waals surface area contributed by atoms with Crippen molar-refractivity contribution >= 4 is 12.0 Å². The second-order valence-electron chi connectivity index (χ2n) is 5.47. The first-order valence-electron chi connectivity index (χ1n) is 7.21. The van der Waals surface area contributed by atoms with Crippen molar-refractivity contribution in [2.24, 2.45) is 0 Å². The van der Waals surface area contributed by atoms with E-state index in [0.717, 1.165) is 12.2 Å². The minimum absolute atomic E-state index is 0.136. The van der Waals surface area contributed by atoms with Gasteiger partial charge in [-0.15, -0.1) is 0 Å². The Hall–Kier alpha value is -2.05. The molecule has 22 heavy (non-hydrogen) atoms. The van der Waals surface area contributed by atoms with E-state index in [-0.39, 0.29) is 24.4 Å². The van der Waals surface area contributed by atoms with E-state index >= 15 is 0 Å². The van der Waals surface area contributed by atoms with Crippen LogP contribution >= 0.6 is 0 Å². The lowest BCUT2D eigenvalue weighted by Gasteiger charge is -2.13. The molecule has 2 saturated heterocycles. The minimum Gasteiger partial charge on any atom is -0.491 e. The Labute approximate surface area is 127 Å². The van der Waals surface area contributed by atoms with Crippen LogP contribution in [0.1, 0.15) is 5.56 Å². The fraction of sp³-hybridized carbons (Fsp3) is 0.438. The Balaban J connectivity index is 1.49. The van der Waals surface area contributed by atoms with Gasteiger partial charge < -0.3 is 23.7 Å². The molecule has 0 spiro atoms. The number of hydrogen-bond donors (Lipinski definition) is 0. The predicted molar refractivity (Wildman–Crippen MR) is 75.8 cm³/mol. The highest BCUT2D eigenvalue weighted by Crippen LogP contribution is 2.49. The van der Waals surface area contributed by atoms with Crippen LogP contribution in [0.5, 0.6) is 11.5 Å². The highest BCUT2D eigenvalue weighted by Gasteiger charge is 2.70. The number of epoxide rings is 2. The Morgan fingerprint density at radius 3 is 2.86 bits per heavy atom. The second-order valence-corrected chi connectivity index (χ2v) is 5.47. The number of carbonyl (C=O) groups is 1. The summed E-state index contributed by atoms with van der Waals surface area (Å²) in [5.41, 5.74) is 0.769. The van der Waals surface area contributed by atoms with Crippen LogP contribution in [-0.2, 0) is 19.0 Å². The SMILES string of the molecule is COC(=O)/C=C/c1cc(OCC2CO2)ccc1OC1C2OC12. The summed E-state index contributed by atoms with van der Waals surface area (Å²) in [6.07, 6.45) is 3.86. The summed E-state index contributed by atoms with van der Waals surface area (Å²) in [4.78, 5) is 11.3. The number of rotatable bonds is 7. The fourth-order valence-electron chi connectivity index (χ4n) is 2.15. The lowest BCUT2D eigenvalue weighted by atomic mass is 10.1. The molecule has 6 nitrogen and oxygen atoms in total. The standard InChI is InChI=1S/C16H16O6/c1-18-13(17)5-2-9-6-10(19-7-11-8-20-11)3-4-12(9)21-14-15-16(14)22-15/h2-6,11,14-16H,7-8H2,1H3/b5-2+. The maximum Gasteiger partial charge on any atom is 0.330 e. The van der Waals surface area contributed by atoms with E-state index in [1.54, 1.807) is 6.08 Å². The maximum absolute atomic E-state index is 11.3. The van der Waals surface area contributed by atoms with Crippen molar-refractivity contribution in [3.63, 3.8) is 0 Å². The molecule has 1 aromatic carbocycles. The van der Waals surface area contributed by atoms with Crippen molar-refractivity contribution in [1.82, 2.24) is 0 Å². The number of benzene rings is 1. The Kier molecular flexibility index (Phi) is 3.28. The van der Waals surface area contributed by atoms with E-state index in [1.165, 1.54) is 13.2 Å². The summed E-state index contributed by atoms with van der Waals surface area (Å²) >= 11 is 0. The van der Waals surface area contributed by atoms with E-state index in [4.69, 9.17) is 18.9 Å². The number of fused-ring (bicyclic) bond motifs is 1. The van der Waals surface area contributed by atoms with Gasteiger partial charge in [-0.1, -0.05) is 0 Å². The average Bonchev–Trinajstić information content (AvgIpc) is 3.40. The third-order valence-electron chi connectivity index (χ3n) is 3.75. The first-order valence-corrected chi connectivity index (χ1v) is 7.21. The van der Waals surface area contributed by atoms with Gasteiger partial charge in [-0.2, -0.15) is 0 Å². The summed E-state index contributed by atoms with van der Waals surface area (Å²) in [7, 11) is 1.34. The van der Waals surface area contributed by atoms with Gasteiger partial charge in [-0.05, 0) is 24.3 Å². The lowest BCUT2D eigenvalue weighted by molar-refractivity contribution is -0.134.